The molecule has 4 rings (SSSR count). The van der Waals surface area contributed by atoms with Crippen LogP contribution in [0.25, 0.3) is 21.3 Å². The smallest absolute Gasteiger partial charge is 0.337 e. The van der Waals surface area contributed by atoms with Crippen LogP contribution in [0.5, 0.6) is 0 Å². The van der Waals surface area contributed by atoms with E-state index in [2.05, 4.69) is 20.6 Å². The van der Waals surface area contributed by atoms with Crippen LogP contribution in [0.2, 0.25) is 0 Å². The Morgan fingerprint density at radius 2 is 2.10 bits per heavy atom. The van der Waals surface area contributed by atoms with Crippen LogP contribution < -0.4 is 10.6 Å². The number of fused-ring (bicyclic) bond motifs is 1. The van der Waals surface area contributed by atoms with Gasteiger partial charge < -0.3 is 15.4 Å². The molecule has 30 heavy (non-hydrogen) atoms. The highest BCUT2D eigenvalue weighted by atomic mass is 32.2. The molecule has 7 nitrogen and oxygen atoms in total. The molecule has 0 saturated heterocycles. The summed E-state index contributed by atoms with van der Waals surface area (Å²) in [7, 11) is 0. The number of aromatic nitrogens is 2. The van der Waals surface area contributed by atoms with Gasteiger partial charge in [-0.1, -0.05) is 23.9 Å². The number of ether oxygens (including phenoxy) is 1. The quantitative estimate of drug-likeness (QED) is 0.342. The lowest BCUT2D eigenvalue weighted by molar-refractivity contribution is -0.138. The fourth-order valence-electron chi connectivity index (χ4n) is 3.01. The van der Waals surface area contributed by atoms with E-state index in [1.54, 1.807) is 19.1 Å². The van der Waals surface area contributed by atoms with Crippen LogP contribution in [0.3, 0.4) is 0 Å². The molecule has 1 aliphatic rings. The maximum atomic E-state index is 13.3. The molecule has 154 valence electrons. The van der Waals surface area contributed by atoms with E-state index < -0.39 is 5.97 Å². The van der Waals surface area contributed by atoms with Crippen molar-refractivity contribution >= 4 is 45.3 Å². The monoisotopic (exact) mass is 444 g/mol. The first-order valence-corrected chi connectivity index (χ1v) is 11.0. The van der Waals surface area contributed by atoms with Crippen LogP contribution in [0.4, 0.5) is 9.18 Å². The van der Waals surface area contributed by atoms with Crippen molar-refractivity contribution in [1.82, 2.24) is 20.6 Å². The lowest BCUT2D eigenvalue weighted by Gasteiger charge is -2.21. The van der Waals surface area contributed by atoms with E-state index >= 15 is 0 Å². The van der Waals surface area contributed by atoms with Crippen LogP contribution in [0, 0.1) is 5.82 Å². The molecule has 0 radical (unpaired) electrons. The van der Waals surface area contributed by atoms with Crippen molar-refractivity contribution < 1.29 is 18.7 Å². The van der Waals surface area contributed by atoms with Crippen LogP contribution in [-0.2, 0) is 9.53 Å². The predicted molar refractivity (Wildman–Crippen MR) is 114 cm³/mol. The van der Waals surface area contributed by atoms with Gasteiger partial charge in [-0.15, -0.1) is 11.3 Å². The number of carbonyl (C=O) groups is 2. The second-order valence-electron chi connectivity index (χ2n) is 6.29. The molecule has 2 N–H and O–H groups in total. The van der Waals surface area contributed by atoms with Crippen molar-refractivity contribution in [2.75, 3.05) is 18.9 Å². The van der Waals surface area contributed by atoms with Gasteiger partial charge in [0, 0.05) is 22.4 Å². The van der Waals surface area contributed by atoms with Crippen LogP contribution in [0.15, 0.2) is 52.3 Å². The number of hydrogen-bond acceptors (Lipinski definition) is 7. The highest BCUT2D eigenvalue weighted by Gasteiger charge is 2.24. The van der Waals surface area contributed by atoms with Gasteiger partial charge in [0.05, 0.1) is 24.1 Å². The third-order valence-electron chi connectivity index (χ3n) is 4.42. The Hall–Kier alpha value is -2.98. The molecule has 3 heterocycles. The van der Waals surface area contributed by atoms with E-state index in [0.717, 1.165) is 21.3 Å². The van der Waals surface area contributed by atoms with Gasteiger partial charge >= 0.3 is 12.0 Å². The molecule has 0 atom stereocenters. The first-order valence-electron chi connectivity index (χ1n) is 9.11. The Morgan fingerprint density at radius 1 is 1.30 bits per heavy atom. The van der Waals surface area contributed by atoms with Gasteiger partial charge in [-0.25, -0.2) is 23.9 Å². The number of hydrogen-bond donors (Lipinski definition) is 2. The van der Waals surface area contributed by atoms with Crippen LogP contribution in [0.1, 0.15) is 6.92 Å². The lowest BCUT2D eigenvalue weighted by Crippen LogP contribution is -2.44. The number of halogens is 1. The van der Waals surface area contributed by atoms with Gasteiger partial charge in [-0.3, -0.25) is 0 Å². The summed E-state index contributed by atoms with van der Waals surface area (Å²) in [6.45, 7) is 2.09. The molecular formula is C20H17FN4O3S2. The minimum atomic E-state index is -0.462. The first-order chi connectivity index (χ1) is 14.6. The molecule has 0 fully saturated rings. The number of carbonyl (C=O) groups excluding carboxylic acids is 2. The second-order valence-corrected chi connectivity index (χ2v) is 8.11. The summed E-state index contributed by atoms with van der Waals surface area (Å²) >= 11 is 2.86. The number of nitrogens with zero attached hydrogens (tertiary/aromatic N) is 2. The zero-order valence-electron chi connectivity index (χ0n) is 15.9. The number of urea groups is 1. The summed E-state index contributed by atoms with van der Waals surface area (Å²) in [6.07, 6.45) is 1.48. The summed E-state index contributed by atoms with van der Waals surface area (Å²) in [5.74, 6) is -0.438. The average molecular weight is 445 g/mol. The molecule has 0 aliphatic carbocycles. The Bertz CT molecular complexity index is 1140. The maximum absolute atomic E-state index is 13.3. The topological polar surface area (TPSA) is 93.2 Å². The Morgan fingerprint density at radius 3 is 2.87 bits per heavy atom. The first kappa shape index (κ1) is 20.3. The lowest BCUT2D eigenvalue weighted by atomic mass is 10.1. The Labute approximate surface area is 179 Å². The van der Waals surface area contributed by atoms with E-state index in [4.69, 9.17) is 4.74 Å². The fourth-order valence-corrected chi connectivity index (χ4v) is 4.99. The van der Waals surface area contributed by atoms with Crippen molar-refractivity contribution in [3.63, 3.8) is 0 Å². The van der Waals surface area contributed by atoms with Crippen LogP contribution >= 0.6 is 23.1 Å². The number of esters is 1. The molecule has 1 aromatic carbocycles. The van der Waals surface area contributed by atoms with E-state index in [1.165, 1.54) is 41.6 Å². The summed E-state index contributed by atoms with van der Waals surface area (Å²) in [4.78, 5) is 33.6. The molecule has 1 aliphatic heterocycles. The number of nitrogens with one attached hydrogen (secondary N) is 2. The summed E-state index contributed by atoms with van der Waals surface area (Å²) in [5.41, 5.74) is 2.65. The minimum Gasteiger partial charge on any atom is -0.463 e. The van der Waals surface area contributed by atoms with Crippen molar-refractivity contribution in [2.45, 2.75) is 11.9 Å². The number of thioether (sulfide) groups is 1. The van der Waals surface area contributed by atoms with Crippen molar-refractivity contribution in [1.29, 1.82) is 0 Å². The van der Waals surface area contributed by atoms with Gasteiger partial charge in [0.2, 0.25) is 0 Å². The van der Waals surface area contributed by atoms with Gasteiger partial charge in [0.1, 0.15) is 22.0 Å². The molecule has 0 unspecified atom stereocenters. The van der Waals surface area contributed by atoms with E-state index in [9.17, 15) is 14.0 Å². The number of thiophene rings is 1. The third-order valence-corrected chi connectivity index (χ3v) is 6.32. The summed E-state index contributed by atoms with van der Waals surface area (Å²) in [5, 5.41) is 8.82. The molecule has 0 bridgehead atoms. The van der Waals surface area contributed by atoms with Gasteiger partial charge in [-0.05, 0) is 24.6 Å². The zero-order valence-corrected chi connectivity index (χ0v) is 17.5. The van der Waals surface area contributed by atoms with E-state index in [-0.39, 0.29) is 25.0 Å². The molecule has 3 aromatic rings. The molecule has 2 aromatic heterocycles. The average Bonchev–Trinajstić information content (AvgIpc) is 3.18. The summed E-state index contributed by atoms with van der Waals surface area (Å²) < 4.78 is 18.4. The number of rotatable bonds is 6. The van der Waals surface area contributed by atoms with Crippen molar-refractivity contribution in [2.24, 2.45) is 0 Å². The number of benzene rings is 1. The number of amides is 2. The Kier molecular flexibility index (Phi) is 5.96. The fraction of sp³-hybridized carbons (Fsp3) is 0.200. The molecule has 10 heteroatoms. The van der Waals surface area contributed by atoms with Crippen molar-refractivity contribution in [3.05, 3.63) is 53.1 Å². The molecule has 2 amide bonds. The Balaban J connectivity index is 1.67. The van der Waals surface area contributed by atoms with Gasteiger partial charge in [0.25, 0.3) is 0 Å². The largest absolute Gasteiger partial charge is 0.463 e. The van der Waals surface area contributed by atoms with Gasteiger partial charge in [-0.2, -0.15) is 0 Å². The molecule has 0 saturated carbocycles. The van der Waals surface area contributed by atoms with Crippen molar-refractivity contribution in [3.8, 4) is 11.1 Å². The predicted octanol–water partition coefficient (Wildman–Crippen LogP) is 3.72. The third kappa shape index (κ3) is 4.14. The highest BCUT2D eigenvalue weighted by molar-refractivity contribution is 7.99. The van der Waals surface area contributed by atoms with E-state index in [0.29, 0.717) is 22.0 Å². The van der Waals surface area contributed by atoms with E-state index in [1.807, 2.05) is 5.38 Å². The molecule has 0 spiro atoms. The standard InChI is InChI=1S/C20H17FN4O3S2/c1-2-28-19(26)13-7-22-20(27)25-15(13)9-30-18-16-14(8-29-17(16)23-10-24-18)11-3-5-12(21)6-4-11/h3-6,8,10H,2,7,9H2,1H3,(H2,22,25,27). The maximum Gasteiger partial charge on any atom is 0.337 e. The minimum absolute atomic E-state index is 0.110. The highest BCUT2D eigenvalue weighted by Crippen LogP contribution is 2.38. The SMILES string of the molecule is CCOC(=O)C1=C(CSc2ncnc3scc(-c4ccc(F)cc4)c23)NC(=O)NC1. The van der Waals surface area contributed by atoms with Crippen LogP contribution in [-0.4, -0.2) is 40.9 Å². The zero-order chi connectivity index (χ0) is 21.1. The van der Waals surface area contributed by atoms with Gasteiger partial charge in [0.15, 0.2) is 0 Å². The normalized spacial score (nSPS) is 13.9. The summed E-state index contributed by atoms with van der Waals surface area (Å²) in [6, 6.07) is 5.89. The second kappa shape index (κ2) is 8.80. The molecular weight excluding hydrogens is 427 g/mol.